The first kappa shape index (κ1) is 12.5. The fourth-order valence-corrected chi connectivity index (χ4v) is 1.41. The van der Waals surface area contributed by atoms with Crippen LogP contribution in [-0.4, -0.2) is 6.54 Å². The molecule has 0 fully saturated rings. The maximum absolute atomic E-state index is 5.91. The molecule has 15 heavy (non-hydrogen) atoms. The van der Waals surface area contributed by atoms with Gasteiger partial charge in [-0.25, -0.2) is 0 Å². The number of hydrogen-bond donors (Lipinski definition) is 2. The highest BCUT2D eigenvalue weighted by atomic mass is 35.5. The SMILES string of the molecule is CC(C)(C)CNc1cc(Cl)c(Cl)cc1N. The van der Waals surface area contributed by atoms with Gasteiger partial charge in [-0.3, -0.25) is 0 Å². The van der Waals surface area contributed by atoms with Crippen molar-refractivity contribution in [3.8, 4) is 0 Å². The Hall–Kier alpha value is -0.600. The molecule has 1 aromatic carbocycles. The second kappa shape index (κ2) is 4.50. The van der Waals surface area contributed by atoms with Crippen molar-refractivity contribution >= 4 is 34.6 Å². The summed E-state index contributed by atoms with van der Waals surface area (Å²) in [5.41, 5.74) is 7.46. The van der Waals surface area contributed by atoms with Crippen LogP contribution in [0, 0.1) is 5.41 Å². The van der Waals surface area contributed by atoms with Crippen LogP contribution in [0.3, 0.4) is 0 Å². The van der Waals surface area contributed by atoms with Crippen molar-refractivity contribution in [2.75, 3.05) is 17.6 Å². The molecule has 3 N–H and O–H groups in total. The summed E-state index contributed by atoms with van der Waals surface area (Å²) in [6.45, 7) is 7.27. The van der Waals surface area contributed by atoms with Gasteiger partial charge in [-0.2, -0.15) is 0 Å². The average molecular weight is 247 g/mol. The third-order valence-corrected chi connectivity index (χ3v) is 2.62. The number of benzene rings is 1. The highest BCUT2D eigenvalue weighted by molar-refractivity contribution is 6.42. The monoisotopic (exact) mass is 246 g/mol. The molecule has 84 valence electrons. The van der Waals surface area contributed by atoms with Crippen LogP contribution >= 0.6 is 23.2 Å². The number of nitrogens with one attached hydrogen (secondary N) is 1. The summed E-state index contributed by atoms with van der Waals surface area (Å²) < 4.78 is 0. The predicted octanol–water partition coefficient (Wildman–Crippen LogP) is 4.03. The van der Waals surface area contributed by atoms with Crippen molar-refractivity contribution in [3.63, 3.8) is 0 Å². The Balaban J connectivity index is 2.82. The Morgan fingerprint density at radius 3 is 2.27 bits per heavy atom. The summed E-state index contributed by atoms with van der Waals surface area (Å²) in [4.78, 5) is 0. The van der Waals surface area contributed by atoms with Crippen LogP contribution in [0.15, 0.2) is 12.1 Å². The Labute approximate surface area is 101 Å². The van der Waals surface area contributed by atoms with Gasteiger partial charge >= 0.3 is 0 Å². The lowest BCUT2D eigenvalue weighted by atomic mass is 9.97. The van der Waals surface area contributed by atoms with E-state index in [0.29, 0.717) is 15.7 Å². The van der Waals surface area contributed by atoms with Crippen LogP contribution in [0.1, 0.15) is 20.8 Å². The van der Waals surface area contributed by atoms with E-state index in [9.17, 15) is 0 Å². The molecule has 1 rings (SSSR count). The minimum absolute atomic E-state index is 0.193. The molecule has 0 aliphatic heterocycles. The third kappa shape index (κ3) is 3.80. The maximum Gasteiger partial charge on any atom is 0.0614 e. The Kier molecular flexibility index (Phi) is 3.74. The van der Waals surface area contributed by atoms with Gasteiger partial charge in [-0.05, 0) is 17.5 Å². The Morgan fingerprint density at radius 1 is 1.20 bits per heavy atom. The number of rotatable bonds is 2. The van der Waals surface area contributed by atoms with Crippen molar-refractivity contribution in [2.45, 2.75) is 20.8 Å². The van der Waals surface area contributed by atoms with Crippen LogP contribution in [0.5, 0.6) is 0 Å². The molecule has 1 aromatic rings. The second-order valence-corrected chi connectivity index (χ2v) is 5.58. The molecular formula is C11H16Cl2N2. The first-order valence-electron chi connectivity index (χ1n) is 4.78. The van der Waals surface area contributed by atoms with Crippen LogP contribution in [0.4, 0.5) is 11.4 Å². The van der Waals surface area contributed by atoms with E-state index in [4.69, 9.17) is 28.9 Å². The smallest absolute Gasteiger partial charge is 0.0614 e. The molecule has 2 nitrogen and oxygen atoms in total. The van der Waals surface area contributed by atoms with Gasteiger partial charge in [0, 0.05) is 6.54 Å². The van der Waals surface area contributed by atoms with E-state index in [0.717, 1.165) is 12.2 Å². The number of anilines is 2. The molecule has 0 aliphatic carbocycles. The fraction of sp³-hybridized carbons (Fsp3) is 0.455. The van der Waals surface area contributed by atoms with Gasteiger partial charge in [0.15, 0.2) is 0 Å². The lowest BCUT2D eigenvalue weighted by molar-refractivity contribution is 0.443. The average Bonchev–Trinajstić information content (AvgIpc) is 2.07. The zero-order chi connectivity index (χ0) is 11.6. The number of nitrogen functional groups attached to an aromatic ring is 1. The summed E-state index contributed by atoms with van der Waals surface area (Å²) in [5.74, 6) is 0. The van der Waals surface area contributed by atoms with E-state index in [1.165, 1.54) is 0 Å². The topological polar surface area (TPSA) is 38.0 Å². The fourth-order valence-electron chi connectivity index (χ4n) is 1.08. The van der Waals surface area contributed by atoms with Crippen LogP contribution in [0.25, 0.3) is 0 Å². The highest BCUT2D eigenvalue weighted by Crippen LogP contribution is 2.31. The number of hydrogen-bond acceptors (Lipinski definition) is 2. The largest absolute Gasteiger partial charge is 0.397 e. The van der Waals surface area contributed by atoms with Gasteiger partial charge in [0.1, 0.15) is 0 Å². The molecule has 0 amide bonds. The summed E-state index contributed by atoms with van der Waals surface area (Å²) in [5, 5.41) is 4.25. The van der Waals surface area contributed by atoms with Crippen molar-refractivity contribution in [3.05, 3.63) is 22.2 Å². The van der Waals surface area contributed by atoms with Gasteiger partial charge in [0.05, 0.1) is 21.4 Å². The molecule has 4 heteroatoms. The van der Waals surface area contributed by atoms with Crippen molar-refractivity contribution in [2.24, 2.45) is 5.41 Å². The van der Waals surface area contributed by atoms with Crippen molar-refractivity contribution in [1.29, 1.82) is 0 Å². The lowest BCUT2D eigenvalue weighted by Crippen LogP contribution is -2.19. The lowest BCUT2D eigenvalue weighted by Gasteiger charge is -2.20. The predicted molar refractivity (Wildman–Crippen MR) is 68.8 cm³/mol. The van der Waals surface area contributed by atoms with E-state index in [2.05, 4.69) is 26.1 Å². The Bertz CT molecular complexity index is 356. The normalized spacial score (nSPS) is 11.5. The molecule has 0 saturated carbocycles. The van der Waals surface area contributed by atoms with Gasteiger partial charge in [-0.1, -0.05) is 44.0 Å². The van der Waals surface area contributed by atoms with Crippen molar-refractivity contribution in [1.82, 2.24) is 0 Å². The van der Waals surface area contributed by atoms with Gasteiger partial charge < -0.3 is 11.1 Å². The molecule has 0 bridgehead atoms. The standard InChI is InChI=1S/C11H16Cl2N2/c1-11(2,3)6-15-10-5-8(13)7(12)4-9(10)14/h4-5,15H,6,14H2,1-3H3. The van der Waals surface area contributed by atoms with Crippen LogP contribution in [-0.2, 0) is 0 Å². The molecule has 0 radical (unpaired) electrons. The summed E-state index contributed by atoms with van der Waals surface area (Å²) in [6, 6.07) is 3.42. The first-order valence-corrected chi connectivity index (χ1v) is 5.53. The van der Waals surface area contributed by atoms with Crippen molar-refractivity contribution < 1.29 is 0 Å². The third-order valence-electron chi connectivity index (χ3n) is 1.90. The zero-order valence-corrected chi connectivity index (χ0v) is 10.7. The summed E-state index contributed by atoms with van der Waals surface area (Å²) in [7, 11) is 0. The van der Waals surface area contributed by atoms with E-state index >= 15 is 0 Å². The van der Waals surface area contributed by atoms with Gasteiger partial charge in [0.2, 0.25) is 0 Å². The minimum atomic E-state index is 0.193. The van der Waals surface area contributed by atoms with E-state index in [-0.39, 0.29) is 5.41 Å². The first-order chi connectivity index (χ1) is 6.79. The second-order valence-electron chi connectivity index (χ2n) is 4.77. The molecule has 0 saturated heterocycles. The summed E-state index contributed by atoms with van der Waals surface area (Å²) in [6.07, 6.45) is 0. The van der Waals surface area contributed by atoms with Gasteiger partial charge in [-0.15, -0.1) is 0 Å². The maximum atomic E-state index is 5.91. The molecule has 0 spiro atoms. The molecule has 0 heterocycles. The zero-order valence-electron chi connectivity index (χ0n) is 9.20. The van der Waals surface area contributed by atoms with E-state index < -0.39 is 0 Å². The Morgan fingerprint density at radius 2 is 1.73 bits per heavy atom. The van der Waals surface area contributed by atoms with Gasteiger partial charge in [0.25, 0.3) is 0 Å². The molecule has 0 unspecified atom stereocenters. The van der Waals surface area contributed by atoms with Crippen LogP contribution < -0.4 is 11.1 Å². The minimum Gasteiger partial charge on any atom is -0.397 e. The summed E-state index contributed by atoms with van der Waals surface area (Å²) >= 11 is 11.7. The number of nitrogens with two attached hydrogens (primary N) is 1. The molecular weight excluding hydrogens is 231 g/mol. The number of halogens is 2. The van der Waals surface area contributed by atoms with E-state index in [1.54, 1.807) is 12.1 Å². The quantitative estimate of drug-likeness (QED) is 0.774. The molecule has 0 atom stereocenters. The molecule has 0 aromatic heterocycles. The van der Waals surface area contributed by atoms with Crippen LogP contribution in [0.2, 0.25) is 10.0 Å². The van der Waals surface area contributed by atoms with E-state index in [1.807, 2.05) is 0 Å². The molecule has 0 aliphatic rings. The highest BCUT2D eigenvalue weighted by Gasteiger charge is 2.11.